The van der Waals surface area contributed by atoms with Gasteiger partial charge in [0.1, 0.15) is 11.6 Å². The molecular formula is C14H19N3O. The highest BCUT2D eigenvalue weighted by Gasteiger charge is 2.12. The number of ether oxygens (including phenoxy) is 1. The summed E-state index contributed by atoms with van der Waals surface area (Å²) in [4.78, 5) is 0. The maximum absolute atomic E-state index is 5.14. The lowest BCUT2D eigenvalue weighted by Gasteiger charge is -2.19. The average molecular weight is 245 g/mol. The number of hydrogen-bond acceptors (Lipinski definition) is 3. The Hall–Kier alpha value is -1.97. The molecule has 4 nitrogen and oxygen atoms in total. The zero-order valence-corrected chi connectivity index (χ0v) is 11.2. The van der Waals surface area contributed by atoms with E-state index in [0.29, 0.717) is 0 Å². The van der Waals surface area contributed by atoms with E-state index in [4.69, 9.17) is 4.74 Å². The van der Waals surface area contributed by atoms with Crippen molar-refractivity contribution in [2.45, 2.75) is 26.3 Å². The van der Waals surface area contributed by atoms with Crippen LogP contribution in [0.3, 0.4) is 0 Å². The predicted octanol–water partition coefficient (Wildman–Crippen LogP) is 3.30. The number of hydrogen-bond donors (Lipinski definition) is 2. The molecule has 1 aromatic heterocycles. The SMILES string of the molecule is COc1ccc(-c2cc(NC(C)(C)C)n[nH]2)cc1. The first kappa shape index (κ1) is 12.5. The van der Waals surface area contributed by atoms with Gasteiger partial charge in [-0.1, -0.05) is 0 Å². The highest BCUT2D eigenvalue weighted by molar-refractivity contribution is 5.63. The van der Waals surface area contributed by atoms with Gasteiger partial charge >= 0.3 is 0 Å². The number of benzene rings is 1. The normalized spacial score (nSPS) is 11.3. The van der Waals surface area contributed by atoms with Gasteiger partial charge in [0.25, 0.3) is 0 Å². The first-order chi connectivity index (χ1) is 8.48. The molecule has 0 unspecified atom stereocenters. The molecule has 0 fully saturated rings. The summed E-state index contributed by atoms with van der Waals surface area (Å²) < 4.78 is 5.14. The average Bonchev–Trinajstić information content (AvgIpc) is 2.75. The van der Waals surface area contributed by atoms with Crippen LogP contribution in [-0.2, 0) is 0 Å². The Labute approximate surface area is 107 Å². The second-order valence-electron chi connectivity index (χ2n) is 5.27. The Balaban J connectivity index is 2.18. The van der Waals surface area contributed by atoms with Gasteiger partial charge < -0.3 is 10.1 Å². The summed E-state index contributed by atoms with van der Waals surface area (Å²) in [7, 11) is 1.66. The van der Waals surface area contributed by atoms with E-state index in [-0.39, 0.29) is 5.54 Å². The van der Waals surface area contributed by atoms with Crippen LogP contribution in [0.2, 0.25) is 0 Å². The van der Waals surface area contributed by atoms with E-state index in [1.807, 2.05) is 30.3 Å². The molecule has 4 heteroatoms. The molecule has 18 heavy (non-hydrogen) atoms. The second-order valence-corrected chi connectivity index (χ2v) is 5.27. The molecule has 0 aliphatic heterocycles. The number of anilines is 1. The zero-order chi connectivity index (χ0) is 13.2. The van der Waals surface area contributed by atoms with Crippen molar-refractivity contribution >= 4 is 5.82 Å². The third kappa shape index (κ3) is 3.03. The van der Waals surface area contributed by atoms with E-state index in [9.17, 15) is 0 Å². The lowest BCUT2D eigenvalue weighted by molar-refractivity contribution is 0.415. The first-order valence-corrected chi connectivity index (χ1v) is 5.96. The summed E-state index contributed by atoms with van der Waals surface area (Å²) in [5.74, 6) is 1.71. The van der Waals surface area contributed by atoms with E-state index < -0.39 is 0 Å². The molecule has 1 aromatic carbocycles. The monoisotopic (exact) mass is 245 g/mol. The van der Waals surface area contributed by atoms with Crippen molar-refractivity contribution in [1.82, 2.24) is 10.2 Å². The molecule has 2 rings (SSSR count). The van der Waals surface area contributed by atoms with Crippen LogP contribution in [0.4, 0.5) is 5.82 Å². The maximum atomic E-state index is 5.14. The number of methoxy groups -OCH3 is 1. The largest absolute Gasteiger partial charge is 0.497 e. The molecule has 0 spiro atoms. The number of nitrogens with zero attached hydrogens (tertiary/aromatic N) is 1. The lowest BCUT2D eigenvalue weighted by atomic mass is 10.1. The van der Waals surface area contributed by atoms with Gasteiger partial charge in [0.2, 0.25) is 0 Å². The molecule has 1 heterocycles. The molecular weight excluding hydrogens is 226 g/mol. The van der Waals surface area contributed by atoms with Crippen LogP contribution < -0.4 is 10.1 Å². The zero-order valence-electron chi connectivity index (χ0n) is 11.2. The van der Waals surface area contributed by atoms with Crippen LogP contribution in [-0.4, -0.2) is 22.8 Å². The maximum Gasteiger partial charge on any atom is 0.148 e. The van der Waals surface area contributed by atoms with Crippen molar-refractivity contribution in [2.24, 2.45) is 0 Å². The van der Waals surface area contributed by atoms with Crippen LogP contribution in [0.25, 0.3) is 11.3 Å². The Morgan fingerprint density at radius 3 is 2.39 bits per heavy atom. The Kier molecular flexibility index (Phi) is 3.28. The summed E-state index contributed by atoms with van der Waals surface area (Å²) in [5.41, 5.74) is 2.08. The highest BCUT2D eigenvalue weighted by atomic mass is 16.5. The van der Waals surface area contributed by atoms with Gasteiger partial charge in [-0.2, -0.15) is 5.10 Å². The fourth-order valence-electron chi connectivity index (χ4n) is 1.69. The van der Waals surface area contributed by atoms with Crippen LogP contribution >= 0.6 is 0 Å². The topological polar surface area (TPSA) is 49.9 Å². The number of rotatable bonds is 3. The molecule has 96 valence electrons. The minimum atomic E-state index is 0.00632. The summed E-state index contributed by atoms with van der Waals surface area (Å²) >= 11 is 0. The third-order valence-corrected chi connectivity index (χ3v) is 2.48. The van der Waals surface area contributed by atoms with Crippen LogP contribution in [0.1, 0.15) is 20.8 Å². The first-order valence-electron chi connectivity index (χ1n) is 5.96. The third-order valence-electron chi connectivity index (χ3n) is 2.48. The molecule has 0 radical (unpaired) electrons. The number of aromatic amines is 1. The van der Waals surface area contributed by atoms with Gasteiger partial charge in [-0.3, -0.25) is 5.10 Å². The van der Waals surface area contributed by atoms with Crippen LogP contribution in [0.5, 0.6) is 5.75 Å². The highest BCUT2D eigenvalue weighted by Crippen LogP contribution is 2.23. The standard InChI is InChI=1S/C14H19N3O/c1-14(2,3)15-13-9-12(16-17-13)10-5-7-11(18-4)8-6-10/h5-9H,1-4H3,(H2,15,16,17). The Morgan fingerprint density at radius 2 is 1.83 bits per heavy atom. The van der Waals surface area contributed by atoms with E-state index in [2.05, 4.69) is 36.3 Å². The van der Waals surface area contributed by atoms with E-state index in [1.165, 1.54) is 0 Å². The Bertz CT molecular complexity index is 509. The summed E-state index contributed by atoms with van der Waals surface area (Å²) in [6.45, 7) is 6.32. The predicted molar refractivity (Wildman–Crippen MR) is 74.0 cm³/mol. The Morgan fingerprint density at radius 1 is 1.17 bits per heavy atom. The van der Waals surface area contributed by atoms with Gasteiger partial charge in [0.15, 0.2) is 0 Å². The van der Waals surface area contributed by atoms with Crippen molar-refractivity contribution in [2.75, 3.05) is 12.4 Å². The molecule has 0 amide bonds. The van der Waals surface area contributed by atoms with Crippen molar-refractivity contribution in [1.29, 1.82) is 0 Å². The van der Waals surface area contributed by atoms with E-state index in [0.717, 1.165) is 22.8 Å². The van der Waals surface area contributed by atoms with Crippen LogP contribution in [0.15, 0.2) is 30.3 Å². The molecule has 0 bridgehead atoms. The summed E-state index contributed by atoms with van der Waals surface area (Å²) in [6, 6.07) is 9.90. The molecule has 0 saturated carbocycles. The molecule has 0 aliphatic carbocycles. The minimum Gasteiger partial charge on any atom is -0.497 e. The number of H-pyrrole nitrogens is 1. The summed E-state index contributed by atoms with van der Waals surface area (Å²) in [5, 5.41) is 10.6. The van der Waals surface area contributed by atoms with Crippen molar-refractivity contribution in [3.63, 3.8) is 0 Å². The van der Waals surface area contributed by atoms with Gasteiger partial charge in [-0.25, -0.2) is 0 Å². The molecule has 0 saturated heterocycles. The fraction of sp³-hybridized carbons (Fsp3) is 0.357. The van der Waals surface area contributed by atoms with Gasteiger partial charge in [-0.05, 0) is 50.6 Å². The van der Waals surface area contributed by atoms with Crippen LogP contribution in [0, 0.1) is 0 Å². The molecule has 0 atom stereocenters. The molecule has 0 aliphatic rings. The summed E-state index contributed by atoms with van der Waals surface area (Å²) in [6.07, 6.45) is 0. The molecule has 2 aromatic rings. The minimum absolute atomic E-state index is 0.00632. The molecule has 2 N–H and O–H groups in total. The quantitative estimate of drug-likeness (QED) is 0.872. The lowest BCUT2D eigenvalue weighted by Crippen LogP contribution is -2.26. The number of nitrogens with one attached hydrogen (secondary N) is 2. The van der Waals surface area contributed by atoms with Crippen molar-refractivity contribution < 1.29 is 4.74 Å². The second kappa shape index (κ2) is 4.72. The fourth-order valence-corrected chi connectivity index (χ4v) is 1.69. The van der Waals surface area contributed by atoms with E-state index >= 15 is 0 Å². The van der Waals surface area contributed by atoms with Crippen molar-refractivity contribution in [3.05, 3.63) is 30.3 Å². The van der Waals surface area contributed by atoms with E-state index in [1.54, 1.807) is 7.11 Å². The van der Waals surface area contributed by atoms with Crippen molar-refractivity contribution in [3.8, 4) is 17.0 Å². The van der Waals surface area contributed by atoms with Gasteiger partial charge in [-0.15, -0.1) is 0 Å². The van der Waals surface area contributed by atoms with Gasteiger partial charge in [0, 0.05) is 11.6 Å². The smallest absolute Gasteiger partial charge is 0.148 e. The number of aromatic nitrogens is 2. The van der Waals surface area contributed by atoms with Gasteiger partial charge in [0.05, 0.1) is 12.8 Å².